The van der Waals surface area contributed by atoms with Crippen molar-refractivity contribution in [2.45, 2.75) is 5.37 Å². The minimum atomic E-state index is -1.13. The monoisotopic (exact) mass is 353 g/mol. The average molecular weight is 353 g/mol. The predicted octanol–water partition coefficient (Wildman–Crippen LogP) is 1.36. The van der Waals surface area contributed by atoms with Gasteiger partial charge in [-0.25, -0.2) is 0 Å². The van der Waals surface area contributed by atoms with Crippen molar-refractivity contribution < 1.29 is 18.5 Å². The second kappa shape index (κ2) is 8.85. The molecular weight excluding hydrogens is 334 g/mol. The molecule has 1 aromatic rings. The van der Waals surface area contributed by atoms with Gasteiger partial charge < -0.3 is 14.4 Å². The van der Waals surface area contributed by atoms with Gasteiger partial charge in [0.25, 0.3) is 0 Å². The van der Waals surface area contributed by atoms with E-state index < -0.39 is 10.8 Å². The molecule has 1 aliphatic rings. The van der Waals surface area contributed by atoms with Gasteiger partial charge in [0.15, 0.2) is 11.5 Å². The van der Waals surface area contributed by atoms with E-state index in [4.69, 9.17) is 15.9 Å². The number of nitrogens with zero attached hydrogens (tertiary/aromatic N) is 1. The molecule has 0 bridgehead atoms. The first-order valence-corrected chi connectivity index (χ1v) is 9.88. The molecule has 1 fully saturated rings. The Bertz CT molecular complexity index is 614. The maximum Gasteiger partial charge on any atom is 0.236 e. The lowest BCUT2D eigenvalue weighted by Gasteiger charge is -2.24. The fourth-order valence-electron chi connectivity index (χ4n) is 2.17. The topological polar surface area (TPSA) is 55.8 Å². The van der Waals surface area contributed by atoms with Crippen LogP contribution < -0.4 is 9.47 Å². The molecule has 5 nitrogen and oxygen atoms in total. The van der Waals surface area contributed by atoms with Crippen molar-refractivity contribution in [3.8, 4) is 23.8 Å². The molecule has 7 heteroatoms. The smallest absolute Gasteiger partial charge is 0.236 e. The molecule has 0 saturated carbocycles. The van der Waals surface area contributed by atoms with E-state index in [1.807, 2.05) is 12.1 Å². The number of amides is 1. The second-order valence-corrected chi connectivity index (χ2v) is 7.60. The van der Waals surface area contributed by atoms with E-state index in [9.17, 15) is 9.00 Å². The summed E-state index contributed by atoms with van der Waals surface area (Å²) in [5.41, 5.74) is 0. The zero-order valence-corrected chi connectivity index (χ0v) is 14.5. The highest BCUT2D eigenvalue weighted by molar-refractivity contribution is 8.00. The summed E-state index contributed by atoms with van der Waals surface area (Å²) in [4.78, 5) is 13.8. The van der Waals surface area contributed by atoms with Crippen LogP contribution in [0.15, 0.2) is 24.3 Å². The Balaban J connectivity index is 1.96. The van der Waals surface area contributed by atoms with Crippen molar-refractivity contribution in [2.75, 3.05) is 37.5 Å². The summed E-state index contributed by atoms with van der Waals surface area (Å²) in [6.45, 7) is 1.18. The number of terminal acetylenes is 1. The van der Waals surface area contributed by atoms with Gasteiger partial charge in [-0.1, -0.05) is 18.1 Å². The van der Waals surface area contributed by atoms with Gasteiger partial charge in [-0.3, -0.25) is 9.00 Å². The lowest BCUT2D eigenvalue weighted by molar-refractivity contribution is -0.128. The molecule has 0 aromatic heterocycles. The van der Waals surface area contributed by atoms with Gasteiger partial charge in [0.2, 0.25) is 5.91 Å². The molecule has 1 heterocycles. The maximum atomic E-state index is 12.1. The number of benzene rings is 1. The van der Waals surface area contributed by atoms with Crippen LogP contribution in [0.25, 0.3) is 0 Å². The van der Waals surface area contributed by atoms with E-state index >= 15 is 0 Å². The van der Waals surface area contributed by atoms with Gasteiger partial charge in [-0.05, 0) is 12.1 Å². The highest BCUT2D eigenvalue weighted by atomic mass is 32.2. The molecule has 0 radical (unpaired) electrons. The Morgan fingerprint density at radius 2 is 2.13 bits per heavy atom. The Morgan fingerprint density at radius 1 is 1.43 bits per heavy atom. The van der Waals surface area contributed by atoms with Gasteiger partial charge >= 0.3 is 0 Å². The van der Waals surface area contributed by atoms with Gasteiger partial charge in [0.05, 0.1) is 0 Å². The second-order valence-electron chi connectivity index (χ2n) is 4.88. The Morgan fingerprint density at radius 3 is 2.78 bits per heavy atom. The first-order valence-electron chi connectivity index (χ1n) is 7.11. The zero-order valence-electron chi connectivity index (χ0n) is 12.9. The standard InChI is InChI=1S/C16H19NO4S2/c1-3-9-20-13-6-4-5-7-14(13)21-11-16-17(8-10-22-16)15(18)12-23(2)19/h1,4-7,16H,8-12H2,2H3/t16-,23-/m0/s1. The molecule has 1 aliphatic heterocycles. The van der Waals surface area contributed by atoms with Crippen molar-refractivity contribution in [2.24, 2.45) is 0 Å². The van der Waals surface area contributed by atoms with Crippen LogP contribution in [0.3, 0.4) is 0 Å². The van der Waals surface area contributed by atoms with Gasteiger partial charge in [0.1, 0.15) is 24.3 Å². The van der Waals surface area contributed by atoms with Crippen LogP contribution in [0.5, 0.6) is 11.5 Å². The Labute approximate surface area is 143 Å². The van der Waals surface area contributed by atoms with E-state index in [1.165, 1.54) is 6.26 Å². The summed E-state index contributed by atoms with van der Waals surface area (Å²) in [5.74, 6) is 4.41. The van der Waals surface area contributed by atoms with E-state index in [1.54, 1.807) is 28.8 Å². The van der Waals surface area contributed by atoms with Crippen LogP contribution in [0.1, 0.15) is 0 Å². The van der Waals surface area contributed by atoms with Gasteiger partial charge in [-0.15, -0.1) is 18.2 Å². The summed E-state index contributed by atoms with van der Waals surface area (Å²) >= 11 is 1.66. The number of thioether (sulfide) groups is 1. The van der Waals surface area contributed by atoms with Crippen LogP contribution in [0.4, 0.5) is 0 Å². The number of carbonyl (C=O) groups is 1. The van der Waals surface area contributed by atoms with E-state index in [0.717, 1.165) is 5.75 Å². The van der Waals surface area contributed by atoms with Crippen molar-refractivity contribution in [1.29, 1.82) is 0 Å². The summed E-state index contributed by atoms with van der Waals surface area (Å²) in [7, 11) is -1.13. The molecule has 124 valence electrons. The largest absolute Gasteiger partial charge is 0.487 e. The average Bonchev–Trinajstić information content (AvgIpc) is 2.99. The fourth-order valence-corrected chi connectivity index (χ4v) is 3.83. The van der Waals surface area contributed by atoms with E-state index in [2.05, 4.69) is 5.92 Å². The van der Waals surface area contributed by atoms with Gasteiger partial charge in [0, 0.05) is 29.4 Å². The molecule has 2 atom stereocenters. The molecule has 0 aliphatic carbocycles. The third kappa shape index (κ3) is 5.19. The highest BCUT2D eigenvalue weighted by Gasteiger charge is 2.30. The quantitative estimate of drug-likeness (QED) is 0.693. The van der Waals surface area contributed by atoms with E-state index in [0.29, 0.717) is 24.7 Å². The third-order valence-electron chi connectivity index (χ3n) is 3.18. The number of hydrogen-bond acceptors (Lipinski definition) is 5. The third-order valence-corrected chi connectivity index (χ3v) is 5.03. The molecule has 2 rings (SSSR count). The molecular formula is C16H19NO4S2. The summed E-state index contributed by atoms with van der Waals surface area (Å²) in [5, 5.41) is -0.0771. The Hall–Kier alpha value is -1.65. The lowest BCUT2D eigenvalue weighted by atomic mass is 10.3. The summed E-state index contributed by atoms with van der Waals surface area (Å²) in [6, 6.07) is 7.29. The first-order chi connectivity index (χ1) is 11.1. The van der Waals surface area contributed by atoms with Crippen LogP contribution in [0.2, 0.25) is 0 Å². The molecule has 1 aromatic carbocycles. The number of carbonyl (C=O) groups excluding carboxylic acids is 1. The molecule has 0 spiro atoms. The zero-order chi connectivity index (χ0) is 16.7. The SMILES string of the molecule is C#CCOc1ccccc1OC[C@@H]1SCCN1C(=O)C[S@](C)=O. The highest BCUT2D eigenvalue weighted by Crippen LogP contribution is 2.29. The number of para-hydroxylation sites is 2. The fraction of sp³-hybridized carbons (Fsp3) is 0.438. The summed E-state index contributed by atoms with van der Waals surface area (Å²) in [6.07, 6.45) is 6.74. The number of rotatable bonds is 7. The molecule has 1 amide bonds. The molecule has 0 unspecified atom stereocenters. The van der Waals surface area contributed by atoms with Crippen LogP contribution >= 0.6 is 11.8 Å². The van der Waals surface area contributed by atoms with Crippen LogP contribution in [-0.4, -0.2) is 57.9 Å². The normalized spacial score (nSPS) is 18.3. The number of ether oxygens (including phenoxy) is 2. The minimum Gasteiger partial charge on any atom is -0.487 e. The first kappa shape index (κ1) is 17.7. The minimum absolute atomic E-state index is 0.0545. The van der Waals surface area contributed by atoms with Crippen LogP contribution in [0, 0.1) is 12.3 Å². The van der Waals surface area contributed by atoms with Crippen molar-refractivity contribution >= 4 is 28.5 Å². The molecule has 23 heavy (non-hydrogen) atoms. The summed E-state index contributed by atoms with van der Waals surface area (Å²) < 4.78 is 22.5. The predicted molar refractivity (Wildman–Crippen MR) is 93.2 cm³/mol. The van der Waals surface area contributed by atoms with Crippen molar-refractivity contribution in [1.82, 2.24) is 4.90 Å². The lowest BCUT2D eigenvalue weighted by Crippen LogP contribution is -2.40. The van der Waals surface area contributed by atoms with Crippen molar-refractivity contribution in [3.05, 3.63) is 24.3 Å². The molecule has 1 saturated heterocycles. The van der Waals surface area contributed by atoms with Crippen molar-refractivity contribution in [3.63, 3.8) is 0 Å². The van der Waals surface area contributed by atoms with Gasteiger partial charge in [-0.2, -0.15) is 0 Å². The van der Waals surface area contributed by atoms with Crippen LogP contribution in [-0.2, 0) is 15.6 Å². The maximum absolute atomic E-state index is 12.1. The number of hydrogen-bond donors (Lipinski definition) is 0. The molecule has 0 N–H and O–H groups in total. The Kier molecular flexibility index (Phi) is 6.81. The van der Waals surface area contributed by atoms with E-state index in [-0.39, 0.29) is 23.6 Å².